The van der Waals surface area contributed by atoms with Gasteiger partial charge in [0.1, 0.15) is 11.9 Å². The summed E-state index contributed by atoms with van der Waals surface area (Å²) < 4.78 is 5.44. The summed E-state index contributed by atoms with van der Waals surface area (Å²) in [5.74, 6) is 0.990. The van der Waals surface area contributed by atoms with Gasteiger partial charge >= 0.3 is 0 Å². The van der Waals surface area contributed by atoms with Crippen molar-refractivity contribution in [2.24, 2.45) is 0 Å². The van der Waals surface area contributed by atoms with Gasteiger partial charge in [-0.15, -0.1) is 0 Å². The summed E-state index contributed by atoms with van der Waals surface area (Å²) in [4.78, 5) is 46.9. The summed E-state index contributed by atoms with van der Waals surface area (Å²) in [5.41, 5.74) is 3.57. The first-order valence-corrected chi connectivity index (χ1v) is 16.8. The molecule has 250 valence electrons. The fourth-order valence-electron chi connectivity index (χ4n) is 6.33. The summed E-state index contributed by atoms with van der Waals surface area (Å²) in [7, 11) is 0. The van der Waals surface area contributed by atoms with Crippen molar-refractivity contribution in [1.29, 1.82) is 0 Å². The molecule has 3 N–H and O–H groups in total. The van der Waals surface area contributed by atoms with Crippen LogP contribution in [0.4, 0.5) is 11.8 Å². The number of aliphatic hydroxyl groups excluding tert-OH is 1. The van der Waals surface area contributed by atoms with E-state index in [1.807, 2.05) is 43.3 Å². The summed E-state index contributed by atoms with van der Waals surface area (Å²) in [6, 6.07) is 11.2. The van der Waals surface area contributed by atoms with Gasteiger partial charge in [-0.05, 0) is 43.5 Å². The number of halogens is 1. The molecule has 2 aromatic heterocycles. The van der Waals surface area contributed by atoms with Crippen molar-refractivity contribution in [2.75, 3.05) is 69.3 Å². The number of pyridine rings is 1. The summed E-state index contributed by atoms with van der Waals surface area (Å²) >= 11 is 6.51. The summed E-state index contributed by atoms with van der Waals surface area (Å²) in [5, 5.41) is 16.0. The molecular formula is C34H43ClN8O4. The molecule has 3 aliphatic heterocycles. The van der Waals surface area contributed by atoms with Gasteiger partial charge in [0.2, 0.25) is 11.9 Å². The van der Waals surface area contributed by atoms with Crippen LogP contribution in [0.15, 0.2) is 42.6 Å². The first-order valence-electron chi connectivity index (χ1n) is 16.4. The Hall–Kier alpha value is -3.84. The second-order valence-electron chi connectivity index (χ2n) is 12.5. The molecule has 2 saturated heterocycles. The van der Waals surface area contributed by atoms with Crippen LogP contribution in [0.3, 0.4) is 0 Å². The Morgan fingerprint density at radius 3 is 2.66 bits per heavy atom. The number of rotatable bonds is 11. The quantitative estimate of drug-likeness (QED) is 0.281. The normalized spacial score (nSPS) is 18.6. The molecule has 13 heteroatoms. The van der Waals surface area contributed by atoms with Crippen LogP contribution >= 0.6 is 11.6 Å². The Kier molecular flexibility index (Phi) is 10.5. The maximum absolute atomic E-state index is 13.6. The van der Waals surface area contributed by atoms with Crippen molar-refractivity contribution in [3.63, 3.8) is 0 Å². The average Bonchev–Trinajstić information content (AvgIpc) is 3.43. The molecule has 0 saturated carbocycles. The monoisotopic (exact) mass is 662 g/mol. The van der Waals surface area contributed by atoms with E-state index in [0.717, 1.165) is 56.1 Å². The van der Waals surface area contributed by atoms with Crippen LogP contribution in [0.1, 0.15) is 54.2 Å². The number of carbonyl (C=O) groups is 2. The third-order valence-electron chi connectivity index (χ3n) is 9.32. The molecule has 0 unspecified atom stereocenters. The van der Waals surface area contributed by atoms with Gasteiger partial charge in [-0.25, -0.2) is 15.0 Å². The first kappa shape index (κ1) is 33.1. The number of anilines is 2. The number of nitrogens with zero attached hydrogens (tertiary/aromatic N) is 6. The van der Waals surface area contributed by atoms with Crippen molar-refractivity contribution in [1.82, 2.24) is 30.1 Å². The Balaban J connectivity index is 1.06. The van der Waals surface area contributed by atoms with E-state index in [1.165, 1.54) is 0 Å². The summed E-state index contributed by atoms with van der Waals surface area (Å²) in [6.07, 6.45) is 3.34. The van der Waals surface area contributed by atoms with Gasteiger partial charge in [0.05, 0.1) is 23.5 Å². The minimum absolute atomic E-state index is 0.0146. The lowest BCUT2D eigenvalue weighted by Gasteiger charge is -2.35. The zero-order chi connectivity index (χ0) is 32.9. The third-order valence-corrected chi connectivity index (χ3v) is 9.59. The zero-order valence-electron chi connectivity index (χ0n) is 27.0. The molecule has 0 spiro atoms. The van der Waals surface area contributed by atoms with Gasteiger partial charge in [0, 0.05) is 87.8 Å². The number of aromatic nitrogens is 3. The van der Waals surface area contributed by atoms with E-state index in [4.69, 9.17) is 21.3 Å². The molecule has 2 atom stereocenters. The number of hydrogen-bond acceptors (Lipinski definition) is 10. The van der Waals surface area contributed by atoms with E-state index in [9.17, 15) is 14.7 Å². The molecule has 5 heterocycles. The Morgan fingerprint density at radius 2 is 1.89 bits per heavy atom. The lowest BCUT2D eigenvalue weighted by atomic mass is 10.0. The summed E-state index contributed by atoms with van der Waals surface area (Å²) in [6.45, 7) is 10.3. The highest BCUT2D eigenvalue weighted by Gasteiger charge is 2.34. The predicted molar refractivity (Wildman–Crippen MR) is 181 cm³/mol. The number of ether oxygens (including phenoxy) is 1. The Bertz CT molecular complexity index is 1580. The SMILES string of the molecule is C[C@H](C(=O)NC[C@H](C)c1cccc(N2CCN(CCO)CC2)n1)N1Cc2ccc(-c3nc(NC4CCOCC4)ncc3Cl)cc2C1=O. The number of β-amino-alcohol motifs (C(OH)–C–C–N with tert-alkyl or cyclic N) is 1. The predicted octanol–water partition coefficient (Wildman–Crippen LogP) is 3.16. The van der Waals surface area contributed by atoms with Crippen molar-refractivity contribution >= 4 is 35.2 Å². The largest absolute Gasteiger partial charge is 0.395 e. The molecule has 3 aliphatic rings. The Labute approximate surface area is 280 Å². The Morgan fingerprint density at radius 1 is 1.11 bits per heavy atom. The zero-order valence-corrected chi connectivity index (χ0v) is 27.7. The van der Waals surface area contributed by atoms with Gasteiger partial charge in [-0.2, -0.15) is 0 Å². The highest BCUT2D eigenvalue weighted by atomic mass is 35.5. The number of piperazine rings is 1. The minimum atomic E-state index is -0.655. The first-order chi connectivity index (χ1) is 22.8. The van der Waals surface area contributed by atoms with Gasteiger partial charge in [-0.3, -0.25) is 14.5 Å². The molecular weight excluding hydrogens is 620 g/mol. The molecule has 3 aromatic rings. The van der Waals surface area contributed by atoms with E-state index < -0.39 is 6.04 Å². The maximum atomic E-state index is 13.6. The second kappa shape index (κ2) is 14.9. The average molecular weight is 663 g/mol. The fourth-order valence-corrected chi connectivity index (χ4v) is 6.53. The van der Waals surface area contributed by atoms with Crippen LogP contribution in [-0.2, 0) is 16.1 Å². The van der Waals surface area contributed by atoms with Crippen molar-refractivity contribution in [3.05, 3.63) is 64.4 Å². The lowest BCUT2D eigenvalue weighted by molar-refractivity contribution is -0.125. The van der Waals surface area contributed by atoms with E-state index in [-0.39, 0.29) is 30.4 Å². The van der Waals surface area contributed by atoms with E-state index >= 15 is 0 Å². The van der Waals surface area contributed by atoms with Crippen LogP contribution in [0.2, 0.25) is 5.02 Å². The van der Waals surface area contributed by atoms with E-state index in [2.05, 4.69) is 30.4 Å². The topological polar surface area (TPSA) is 136 Å². The molecule has 47 heavy (non-hydrogen) atoms. The number of amides is 2. The fraction of sp³-hybridized carbons (Fsp3) is 0.500. The second-order valence-corrected chi connectivity index (χ2v) is 12.9. The molecule has 6 rings (SSSR count). The van der Waals surface area contributed by atoms with Crippen molar-refractivity contribution in [3.8, 4) is 11.3 Å². The number of benzene rings is 1. The molecule has 2 amide bonds. The smallest absolute Gasteiger partial charge is 0.255 e. The molecule has 1 aromatic carbocycles. The van der Waals surface area contributed by atoms with Crippen LogP contribution in [0, 0.1) is 0 Å². The highest BCUT2D eigenvalue weighted by Crippen LogP contribution is 2.32. The van der Waals surface area contributed by atoms with Crippen LogP contribution in [0.25, 0.3) is 11.3 Å². The van der Waals surface area contributed by atoms with Crippen LogP contribution < -0.4 is 15.5 Å². The highest BCUT2D eigenvalue weighted by molar-refractivity contribution is 6.33. The van der Waals surface area contributed by atoms with E-state index in [1.54, 1.807) is 18.0 Å². The van der Waals surface area contributed by atoms with Gasteiger partial charge < -0.3 is 30.3 Å². The lowest BCUT2D eigenvalue weighted by Crippen LogP contribution is -2.47. The minimum Gasteiger partial charge on any atom is -0.395 e. The third kappa shape index (κ3) is 7.67. The van der Waals surface area contributed by atoms with Gasteiger partial charge in [0.25, 0.3) is 5.91 Å². The van der Waals surface area contributed by atoms with Gasteiger partial charge in [-0.1, -0.05) is 36.7 Å². The van der Waals surface area contributed by atoms with E-state index in [0.29, 0.717) is 60.6 Å². The number of hydrogen-bond donors (Lipinski definition) is 3. The number of nitrogens with one attached hydrogen (secondary N) is 2. The number of aliphatic hydroxyl groups is 1. The maximum Gasteiger partial charge on any atom is 0.255 e. The molecule has 0 bridgehead atoms. The van der Waals surface area contributed by atoms with Crippen molar-refractivity contribution in [2.45, 2.75) is 51.2 Å². The molecule has 0 aliphatic carbocycles. The molecule has 0 radical (unpaired) electrons. The molecule has 2 fully saturated rings. The number of fused-ring (bicyclic) bond motifs is 1. The standard InChI is InChI=1S/C34H43ClN8O4/c1-22(29-4-3-5-30(39-29)42-12-10-41(11-13-42)14-15-44)19-36-32(45)23(2)43-21-25-7-6-24(18-27(25)33(43)46)31-28(35)20-37-34(40-31)38-26-8-16-47-17-9-26/h3-7,18,20,22-23,26,44H,8-17,19,21H2,1-2H3,(H,36,45)(H,37,38,40)/t22-,23+/m0/s1. The van der Waals surface area contributed by atoms with Crippen molar-refractivity contribution < 1.29 is 19.4 Å². The van der Waals surface area contributed by atoms with Crippen LogP contribution in [0.5, 0.6) is 0 Å². The van der Waals surface area contributed by atoms with Gasteiger partial charge in [0.15, 0.2) is 0 Å². The number of carbonyl (C=O) groups excluding carboxylic acids is 2. The van der Waals surface area contributed by atoms with Crippen LogP contribution in [-0.4, -0.2) is 113 Å². The molecule has 12 nitrogen and oxygen atoms in total.